The SMILES string of the molecule is CCn1c(-c2ccc(OC)cc2)nnc1C(S)c1noc(-c2cccc(Cl)c2)n1. The molecule has 0 aliphatic rings. The highest BCUT2D eigenvalue weighted by atomic mass is 35.5. The van der Waals surface area contributed by atoms with Crippen molar-refractivity contribution in [3.8, 4) is 28.6 Å². The van der Waals surface area contributed by atoms with Crippen LogP contribution in [-0.4, -0.2) is 32.0 Å². The fourth-order valence-electron chi connectivity index (χ4n) is 2.98. The summed E-state index contributed by atoms with van der Waals surface area (Å²) >= 11 is 10.7. The second-order valence-corrected chi connectivity index (χ2v) is 7.18. The summed E-state index contributed by atoms with van der Waals surface area (Å²) in [7, 11) is 1.63. The molecule has 1 atom stereocenters. The van der Waals surface area contributed by atoms with Crippen molar-refractivity contribution in [2.45, 2.75) is 18.7 Å². The maximum Gasteiger partial charge on any atom is 0.258 e. The van der Waals surface area contributed by atoms with Gasteiger partial charge in [0, 0.05) is 22.7 Å². The molecule has 148 valence electrons. The van der Waals surface area contributed by atoms with E-state index < -0.39 is 5.25 Å². The van der Waals surface area contributed by atoms with Crippen LogP contribution in [0.15, 0.2) is 53.1 Å². The van der Waals surface area contributed by atoms with Crippen molar-refractivity contribution < 1.29 is 9.26 Å². The average molecular weight is 428 g/mol. The summed E-state index contributed by atoms with van der Waals surface area (Å²) in [5, 5.41) is 12.9. The molecule has 0 N–H and O–H groups in total. The Hall–Kier alpha value is -2.84. The summed E-state index contributed by atoms with van der Waals surface area (Å²) < 4.78 is 12.6. The summed E-state index contributed by atoms with van der Waals surface area (Å²) in [5.41, 5.74) is 1.67. The molecule has 7 nitrogen and oxygen atoms in total. The molecule has 4 rings (SSSR count). The predicted molar refractivity (Wildman–Crippen MR) is 113 cm³/mol. The molecule has 0 radical (unpaired) electrons. The van der Waals surface area contributed by atoms with Crippen LogP contribution in [0.2, 0.25) is 5.02 Å². The Kier molecular flexibility index (Phi) is 5.55. The highest BCUT2D eigenvalue weighted by Gasteiger charge is 2.24. The van der Waals surface area contributed by atoms with Crippen molar-refractivity contribution in [3.05, 3.63) is 65.2 Å². The van der Waals surface area contributed by atoms with E-state index >= 15 is 0 Å². The highest BCUT2D eigenvalue weighted by Crippen LogP contribution is 2.30. The molecule has 0 amide bonds. The summed E-state index contributed by atoms with van der Waals surface area (Å²) in [6.07, 6.45) is 0. The lowest BCUT2D eigenvalue weighted by Gasteiger charge is -2.10. The monoisotopic (exact) mass is 427 g/mol. The van der Waals surface area contributed by atoms with Gasteiger partial charge in [0.05, 0.1) is 7.11 Å². The maximum atomic E-state index is 6.05. The van der Waals surface area contributed by atoms with E-state index in [1.165, 1.54) is 0 Å². The molecular weight excluding hydrogens is 410 g/mol. The second-order valence-electron chi connectivity index (χ2n) is 6.23. The van der Waals surface area contributed by atoms with Gasteiger partial charge in [0.1, 0.15) is 11.0 Å². The fourth-order valence-corrected chi connectivity index (χ4v) is 3.47. The first-order valence-corrected chi connectivity index (χ1v) is 9.85. The summed E-state index contributed by atoms with van der Waals surface area (Å²) in [6, 6.07) is 14.9. The van der Waals surface area contributed by atoms with E-state index in [4.69, 9.17) is 20.9 Å². The standard InChI is InChI=1S/C20H18ClN5O2S/c1-3-26-18(12-7-9-15(27-2)10-8-12)23-24-19(26)16(29)17-22-20(28-25-17)13-5-4-6-14(21)11-13/h4-11,16,29H,3H2,1-2H3. The number of aromatic nitrogens is 5. The number of hydrogen-bond acceptors (Lipinski definition) is 7. The Morgan fingerprint density at radius 1 is 1.14 bits per heavy atom. The van der Waals surface area contributed by atoms with Gasteiger partial charge in [0.15, 0.2) is 17.5 Å². The van der Waals surface area contributed by atoms with E-state index in [2.05, 4.69) is 33.0 Å². The molecule has 0 spiro atoms. The Bertz CT molecular complexity index is 1130. The topological polar surface area (TPSA) is 78.9 Å². The molecule has 0 bridgehead atoms. The first-order valence-electron chi connectivity index (χ1n) is 8.95. The molecule has 0 aliphatic carbocycles. The Morgan fingerprint density at radius 2 is 1.93 bits per heavy atom. The molecule has 0 saturated carbocycles. The molecule has 29 heavy (non-hydrogen) atoms. The quantitative estimate of drug-likeness (QED) is 0.449. The van der Waals surface area contributed by atoms with E-state index in [0.29, 0.717) is 29.1 Å². The van der Waals surface area contributed by atoms with Crippen LogP contribution in [0.5, 0.6) is 5.75 Å². The predicted octanol–water partition coefficient (Wildman–Crippen LogP) is 4.70. The number of methoxy groups -OCH3 is 1. The smallest absolute Gasteiger partial charge is 0.258 e. The minimum atomic E-state index is -0.494. The van der Waals surface area contributed by atoms with E-state index in [0.717, 1.165) is 22.7 Å². The van der Waals surface area contributed by atoms with Gasteiger partial charge in [-0.25, -0.2) is 0 Å². The van der Waals surface area contributed by atoms with Crippen molar-refractivity contribution in [3.63, 3.8) is 0 Å². The third-order valence-electron chi connectivity index (χ3n) is 4.45. The highest BCUT2D eigenvalue weighted by molar-refractivity contribution is 7.80. The van der Waals surface area contributed by atoms with Crippen LogP contribution in [0.25, 0.3) is 22.8 Å². The maximum absolute atomic E-state index is 6.05. The Morgan fingerprint density at radius 3 is 2.62 bits per heavy atom. The number of nitrogens with zero attached hydrogens (tertiary/aromatic N) is 5. The average Bonchev–Trinajstić information content (AvgIpc) is 3.41. The minimum absolute atomic E-state index is 0.375. The molecule has 1 unspecified atom stereocenters. The molecule has 9 heteroatoms. The van der Waals surface area contributed by atoms with Crippen LogP contribution >= 0.6 is 24.2 Å². The summed E-state index contributed by atoms with van der Waals surface area (Å²) in [4.78, 5) is 4.47. The van der Waals surface area contributed by atoms with Gasteiger partial charge in [-0.1, -0.05) is 22.8 Å². The normalized spacial score (nSPS) is 12.1. The molecule has 0 fully saturated rings. The molecule has 4 aromatic rings. The largest absolute Gasteiger partial charge is 0.497 e. The zero-order chi connectivity index (χ0) is 20.4. The van der Waals surface area contributed by atoms with Gasteiger partial charge in [-0.05, 0) is 49.4 Å². The van der Waals surface area contributed by atoms with E-state index in [-0.39, 0.29) is 0 Å². The molecule has 2 aromatic heterocycles. The summed E-state index contributed by atoms with van der Waals surface area (Å²) in [5.74, 6) is 2.94. The zero-order valence-electron chi connectivity index (χ0n) is 15.8. The first-order chi connectivity index (χ1) is 14.1. The lowest BCUT2D eigenvalue weighted by molar-refractivity contribution is 0.415. The number of ether oxygens (including phenoxy) is 1. The molecule has 0 saturated heterocycles. The number of thiol groups is 1. The van der Waals surface area contributed by atoms with Gasteiger partial charge >= 0.3 is 0 Å². The van der Waals surface area contributed by atoms with Gasteiger partial charge < -0.3 is 13.8 Å². The fraction of sp³-hybridized carbons (Fsp3) is 0.200. The van der Waals surface area contributed by atoms with Crippen molar-refractivity contribution >= 4 is 24.2 Å². The van der Waals surface area contributed by atoms with Crippen LogP contribution in [-0.2, 0) is 6.54 Å². The molecule has 2 aromatic carbocycles. The van der Waals surface area contributed by atoms with Crippen LogP contribution in [0, 0.1) is 0 Å². The number of rotatable bonds is 6. The minimum Gasteiger partial charge on any atom is -0.497 e. The number of halogens is 1. The zero-order valence-corrected chi connectivity index (χ0v) is 17.4. The first kappa shape index (κ1) is 19.5. The van der Waals surface area contributed by atoms with Gasteiger partial charge in [0.25, 0.3) is 5.89 Å². The summed E-state index contributed by atoms with van der Waals surface area (Å²) in [6.45, 7) is 2.69. The van der Waals surface area contributed by atoms with Crippen LogP contribution in [0.1, 0.15) is 23.8 Å². The van der Waals surface area contributed by atoms with Crippen molar-refractivity contribution in [1.82, 2.24) is 24.9 Å². The molecule has 2 heterocycles. The second kappa shape index (κ2) is 8.26. The number of hydrogen-bond donors (Lipinski definition) is 1. The lowest BCUT2D eigenvalue weighted by atomic mass is 10.2. The van der Waals surface area contributed by atoms with E-state index in [1.807, 2.05) is 47.9 Å². The van der Waals surface area contributed by atoms with Gasteiger partial charge in [-0.15, -0.1) is 10.2 Å². The van der Waals surface area contributed by atoms with E-state index in [1.54, 1.807) is 19.2 Å². The molecule has 0 aliphatic heterocycles. The van der Waals surface area contributed by atoms with Crippen LogP contribution in [0.4, 0.5) is 0 Å². The van der Waals surface area contributed by atoms with Crippen molar-refractivity contribution in [1.29, 1.82) is 0 Å². The Labute approximate surface area is 178 Å². The van der Waals surface area contributed by atoms with Gasteiger partial charge in [-0.2, -0.15) is 17.6 Å². The van der Waals surface area contributed by atoms with Crippen LogP contribution < -0.4 is 4.74 Å². The van der Waals surface area contributed by atoms with Crippen molar-refractivity contribution in [2.75, 3.05) is 7.11 Å². The third-order valence-corrected chi connectivity index (χ3v) is 5.14. The number of benzene rings is 2. The molecular formula is C20H18ClN5O2S. The van der Waals surface area contributed by atoms with Gasteiger partial charge in [0.2, 0.25) is 0 Å². The lowest BCUT2D eigenvalue weighted by Crippen LogP contribution is -2.08. The third kappa shape index (κ3) is 3.86. The van der Waals surface area contributed by atoms with Crippen molar-refractivity contribution in [2.24, 2.45) is 0 Å². The van der Waals surface area contributed by atoms with Gasteiger partial charge in [-0.3, -0.25) is 0 Å². The Balaban J connectivity index is 1.65. The van der Waals surface area contributed by atoms with Crippen LogP contribution in [0.3, 0.4) is 0 Å². The van der Waals surface area contributed by atoms with E-state index in [9.17, 15) is 0 Å².